The van der Waals surface area contributed by atoms with Gasteiger partial charge in [0.1, 0.15) is 0 Å². The number of carbonyl (C=O) groups is 1. The van der Waals surface area contributed by atoms with E-state index in [9.17, 15) is 4.79 Å². The summed E-state index contributed by atoms with van der Waals surface area (Å²) in [5.41, 5.74) is 2.17. The third-order valence-corrected chi connectivity index (χ3v) is 5.60. The second kappa shape index (κ2) is 7.45. The van der Waals surface area contributed by atoms with E-state index in [1.807, 2.05) is 38.1 Å². The van der Waals surface area contributed by atoms with Crippen LogP contribution in [0.1, 0.15) is 23.0 Å². The molecule has 1 N–H and O–H groups in total. The number of aromatic nitrogens is 4. The molecule has 3 rings (SSSR count). The summed E-state index contributed by atoms with van der Waals surface area (Å²) in [6.45, 7) is 3.91. The molecule has 0 atom stereocenters. The van der Waals surface area contributed by atoms with Gasteiger partial charge < -0.3 is 0 Å². The maximum atomic E-state index is 12.5. The fourth-order valence-corrected chi connectivity index (χ4v) is 3.99. The number of thioether (sulfide) groups is 1. The molecule has 0 bridgehead atoms. The maximum Gasteiger partial charge on any atom is 0.260 e. The number of rotatable bonds is 5. The van der Waals surface area contributed by atoms with Gasteiger partial charge in [0.15, 0.2) is 4.34 Å². The van der Waals surface area contributed by atoms with E-state index in [1.165, 1.54) is 11.3 Å². The molecule has 0 unspecified atom stereocenters. The summed E-state index contributed by atoms with van der Waals surface area (Å²) in [6.07, 6.45) is 1.56. The Labute approximate surface area is 155 Å². The van der Waals surface area contributed by atoms with Gasteiger partial charge in [0, 0.05) is 4.47 Å². The normalized spacial score (nSPS) is 10.8. The topological polar surface area (TPSA) is 72.7 Å². The van der Waals surface area contributed by atoms with Crippen molar-refractivity contribution in [1.82, 2.24) is 20.0 Å². The number of hydrogen-bond donors (Lipinski definition) is 1. The van der Waals surface area contributed by atoms with Crippen molar-refractivity contribution < 1.29 is 4.79 Å². The second-order valence-corrected chi connectivity index (χ2v) is 8.20. The SMILES string of the molecule is CCSc1nnc(NC(=O)c2cnn(-c3ccc(Br)cc3)c2C)s1. The number of benzene rings is 1. The highest BCUT2D eigenvalue weighted by Gasteiger charge is 2.17. The molecule has 124 valence electrons. The van der Waals surface area contributed by atoms with Crippen LogP contribution in [0, 0.1) is 6.92 Å². The Hall–Kier alpha value is -1.71. The number of carbonyl (C=O) groups excluding carboxylic acids is 1. The number of hydrogen-bond acceptors (Lipinski definition) is 6. The summed E-state index contributed by atoms with van der Waals surface area (Å²) in [7, 11) is 0. The minimum Gasteiger partial charge on any atom is -0.296 e. The zero-order valence-electron chi connectivity index (χ0n) is 13.0. The molecule has 0 saturated heterocycles. The van der Waals surface area contributed by atoms with E-state index in [0.29, 0.717) is 10.7 Å². The first-order valence-electron chi connectivity index (χ1n) is 7.16. The lowest BCUT2D eigenvalue weighted by Gasteiger charge is -2.05. The minimum absolute atomic E-state index is 0.236. The fourth-order valence-electron chi connectivity index (χ4n) is 2.08. The summed E-state index contributed by atoms with van der Waals surface area (Å²) < 4.78 is 3.57. The monoisotopic (exact) mass is 423 g/mol. The number of nitrogens with zero attached hydrogens (tertiary/aromatic N) is 4. The Morgan fingerprint density at radius 1 is 1.33 bits per heavy atom. The molecule has 1 aromatic carbocycles. The Morgan fingerprint density at radius 2 is 2.08 bits per heavy atom. The van der Waals surface area contributed by atoms with Crippen LogP contribution in [0.15, 0.2) is 39.3 Å². The van der Waals surface area contributed by atoms with Crippen LogP contribution < -0.4 is 5.32 Å². The number of amides is 1. The summed E-state index contributed by atoms with van der Waals surface area (Å²) in [5.74, 6) is 0.682. The van der Waals surface area contributed by atoms with Gasteiger partial charge in [-0.25, -0.2) is 4.68 Å². The molecule has 2 heterocycles. The Morgan fingerprint density at radius 3 is 2.79 bits per heavy atom. The molecule has 3 aromatic rings. The van der Waals surface area contributed by atoms with Crippen LogP contribution in [-0.2, 0) is 0 Å². The van der Waals surface area contributed by atoms with Crippen molar-refractivity contribution in [2.24, 2.45) is 0 Å². The van der Waals surface area contributed by atoms with Gasteiger partial charge >= 0.3 is 0 Å². The molecule has 9 heteroatoms. The second-order valence-electron chi connectivity index (χ2n) is 4.79. The molecule has 0 fully saturated rings. The zero-order valence-corrected chi connectivity index (χ0v) is 16.2. The summed E-state index contributed by atoms with van der Waals surface area (Å²) in [4.78, 5) is 12.5. The van der Waals surface area contributed by atoms with Crippen molar-refractivity contribution in [1.29, 1.82) is 0 Å². The molecule has 0 saturated carbocycles. The molecule has 1 amide bonds. The first-order valence-corrected chi connectivity index (χ1v) is 9.76. The van der Waals surface area contributed by atoms with Crippen molar-refractivity contribution in [2.75, 3.05) is 11.1 Å². The van der Waals surface area contributed by atoms with Crippen LogP contribution in [0.5, 0.6) is 0 Å². The van der Waals surface area contributed by atoms with Gasteiger partial charge in [-0.1, -0.05) is 46.0 Å². The van der Waals surface area contributed by atoms with E-state index in [4.69, 9.17) is 0 Å². The van der Waals surface area contributed by atoms with Gasteiger partial charge in [0.2, 0.25) is 5.13 Å². The Balaban J connectivity index is 1.79. The van der Waals surface area contributed by atoms with E-state index < -0.39 is 0 Å². The summed E-state index contributed by atoms with van der Waals surface area (Å²) in [5, 5.41) is 15.6. The highest BCUT2D eigenvalue weighted by molar-refractivity contribution is 9.10. The average molecular weight is 424 g/mol. The molecule has 0 aliphatic heterocycles. The minimum atomic E-state index is -0.236. The lowest BCUT2D eigenvalue weighted by atomic mass is 10.2. The lowest BCUT2D eigenvalue weighted by Crippen LogP contribution is -2.13. The average Bonchev–Trinajstić information content (AvgIpc) is 3.15. The predicted octanol–water partition coefficient (Wildman–Crippen LogP) is 4.16. The highest BCUT2D eigenvalue weighted by atomic mass is 79.9. The standard InChI is InChI=1S/C15H14BrN5OS2/c1-3-23-15-20-19-14(24-15)18-13(22)12-8-17-21(9(12)2)11-6-4-10(16)5-7-11/h4-8H,3H2,1-2H3,(H,18,19,22). The lowest BCUT2D eigenvalue weighted by molar-refractivity contribution is 0.102. The summed E-state index contributed by atoms with van der Waals surface area (Å²) in [6, 6.07) is 7.74. The van der Waals surface area contributed by atoms with Crippen LogP contribution in [-0.4, -0.2) is 31.6 Å². The number of nitrogens with one attached hydrogen (secondary N) is 1. The first-order chi connectivity index (χ1) is 11.6. The van der Waals surface area contributed by atoms with Crippen molar-refractivity contribution >= 4 is 50.1 Å². The molecular weight excluding hydrogens is 410 g/mol. The first kappa shape index (κ1) is 17.1. The molecule has 24 heavy (non-hydrogen) atoms. The van der Waals surface area contributed by atoms with Crippen LogP contribution in [0.4, 0.5) is 5.13 Å². The van der Waals surface area contributed by atoms with Crippen LogP contribution >= 0.6 is 39.0 Å². The molecule has 2 aromatic heterocycles. The maximum absolute atomic E-state index is 12.5. The highest BCUT2D eigenvalue weighted by Crippen LogP contribution is 2.25. The van der Waals surface area contributed by atoms with E-state index in [0.717, 1.165) is 25.9 Å². The van der Waals surface area contributed by atoms with E-state index in [-0.39, 0.29) is 5.91 Å². The van der Waals surface area contributed by atoms with Gasteiger partial charge in [0.05, 0.1) is 23.1 Å². The molecule has 0 spiro atoms. The van der Waals surface area contributed by atoms with Gasteiger partial charge in [-0.2, -0.15) is 5.10 Å². The van der Waals surface area contributed by atoms with Crippen molar-refractivity contribution in [3.05, 3.63) is 46.2 Å². The number of anilines is 1. The smallest absolute Gasteiger partial charge is 0.260 e. The Bertz CT molecular complexity index is 859. The van der Waals surface area contributed by atoms with Gasteiger partial charge in [-0.15, -0.1) is 10.2 Å². The van der Waals surface area contributed by atoms with Crippen molar-refractivity contribution in [2.45, 2.75) is 18.2 Å². The quantitative estimate of drug-likeness (QED) is 0.492. The van der Waals surface area contributed by atoms with Gasteiger partial charge in [-0.05, 0) is 36.9 Å². The van der Waals surface area contributed by atoms with Crippen LogP contribution in [0.3, 0.4) is 0 Å². The van der Waals surface area contributed by atoms with Gasteiger partial charge in [0.25, 0.3) is 5.91 Å². The third-order valence-electron chi connectivity index (χ3n) is 3.22. The number of halogens is 1. The molecule has 6 nitrogen and oxygen atoms in total. The molecule has 0 aliphatic rings. The zero-order chi connectivity index (χ0) is 17.1. The predicted molar refractivity (Wildman–Crippen MR) is 100 cm³/mol. The van der Waals surface area contributed by atoms with E-state index in [2.05, 4.69) is 36.5 Å². The molecule has 0 radical (unpaired) electrons. The van der Waals surface area contributed by atoms with Gasteiger partial charge in [-0.3, -0.25) is 10.1 Å². The summed E-state index contributed by atoms with van der Waals surface area (Å²) >= 11 is 6.37. The third kappa shape index (κ3) is 3.68. The molecule has 0 aliphatic carbocycles. The Kier molecular flexibility index (Phi) is 5.32. The van der Waals surface area contributed by atoms with Crippen LogP contribution in [0.2, 0.25) is 0 Å². The fraction of sp³-hybridized carbons (Fsp3) is 0.200. The van der Waals surface area contributed by atoms with E-state index >= 15 is 0 Å². The van der Waals surface area contributed by atoms with E-state index in [1.54, 1.807) is 22.6 Å². The largest absolute Gasteiger partial charge is 0.296 e. The molecular formula is C15H14BrN5OS2. The van der Waals surface area contributed by atoms with Crippen molar-refractivity contribution in [3.8, 4) is 5.69 Å². The van der Waals surface area contributed by atoms with Crippen molar-refractivity contribution in [3.63, 3.8) is 0 Å². The van der Waals surface area contributed by atoms with Crippen LogP contribution in [0.25, 0.3) is 5.69 Å².